The molecule has 3 rings (SSSR count). The zero-order chi connectivity index (χ0) is 12.7. The lowest BCUT2D eigenvalue weighted by atomic mass is 10.0. The Morgan fingerprint density at radius 3 is 2.56 bits per heavy atom. The van der Waals surface area contributed by atoms with Gasteiger partial charge in [-0.2, -0.15) is 0 Å². The van der Waals surface area contributed by atoms with Crippen LogP contribution >= 0.6 is 22.6 Å². The number of fused-ring (bicyclic) bond motifs is 1. The lowest BCUT2D eigenvalue weighted by molar-refractivity contribution is 0.0953. The zero-order valence-electron chi connectivity index (χ0n) is 10.5. The minimum absolute atomic E-state index is 0.277. The number of carbonyl (C=O) groups is 1. The Bertz CT molecular complexity index is 471. The monoisotopic (exact) mass is 356 g/mol. The molecule has 0 N–H and O–H groups in total. The third-order valence-electron chi connectivity index (χ3n) is 4.39. The molecule has 2 fully saturated rings. The molecule has 0 amide bonds. The molecule has 2 atom stereocenters. The highest BCUT2D eigenvalue weighted by Crippen LogP contribution is 2.57. The normalized spacial score (nSPS) is 29.6. The summed E-state index contributed by atoms with van der Waals surface area (Å²) in [6.45, 7) is 0. The molecule has 0 aromatic heterocycles. The first-order valence-corrected chi connectivity index (χ1v) is 7.68. The zero-order valence-corrected chi connectivity index (χ0v) is 12.6. The minimum atomic E-state index is 0.277. The van der Waals surface area contributed by atoms with Crippen LogP contribution in [0.1, 0.15) is 36.0 Å². The van der Waals surface area contributed by atoms with Gasteiger partial charge in [-0.3, -0.25) is 4.79 Å². The third-order valence-corrected chi connectivity index (χ3v) is 5.06. The van der Waals surface area contributed by atoms with Crippen LogP contribution in [0.4, 0.5) is 0 Å². The van der Waals surface area contributed by atoms with E-state index in [0.29, 0.717) is 17.6 Å². The van der Waals surface area contributed by atoms with Crippen LogP contribution in [-0.2, 0) is 0 Å². The first-order valence-electron chi connectivity index (χ1n) is 6.60. The Hall–Kier alpha value is -0.580. The van der Waals surface area contributed by atoms with Gasteiger partial charge in [0.05, 0.1) is 12.7 Å². The summed E-state index contributed by atoms with van der Waals surface area (Å²) in [5.41, 5.74) is 0.781. The summed E-state index contributed by atoms with van der Waals surface area (Å²) >= 11 is 2.25. The van der Waals surface area contributed by atoms with E-state index in [-0.39, 0.29) is 5.92 Å². The molecule has 3 heteroatoms. The second kappa shape index (κ2) is 4.83. The topological polar surface area (TPSA) is 26.3 Å². The largest absolute Gasteiger partial charge is 0.496 e. The third kappa shape index (κ3) is 2.06. The number of hydrogen-bond acceptors (Lipinski definition) is 2. The summed E-state index contributed by atoms with van der Waals surface area (Å²) in [5, 5.41) is 0. The lowest BCUT2D eigenvalue weighted by Crippen LogP contribution is -2.07. The van der Waals surface area contributed by atoms with Crippen molar-refractivity contribution in [2.45, 2.75) is 25.7 Å². The molecule has 2 saturated carbocycles. The number of methoxy groups -OCH3 is 1. The molecule has 1 aromatic carbocycles. The van der Waals surface area contributed by atoms with E-state index in [1.807, 2.05) is 18.2 Å². The molecule has 96 valence electrons. The molecule has 0 bridgehead atoms. The fourth-order valence-corrected chi connectivity index (χ4v) is 3.92. The van der Waals surface area contributed by atoms with E-state index in [0.717, 1.165) is 14.9 Å². The van der Waals surface area contributed by atoms with Crippen LogP contribution < -0.4 is 4.74 Å². The van der Waals surface area contributed by atoms with Gasteiger partial charge in [0.25, 0.3) is 0 Å². The highest BCUT2D eigenvalue weighted by Gasteiger charge is 2.54. The Balaban J connectivity index is 1.86. The first kappa shape index (κ1) is 12.5. The molecule has 0 spiro atoms. The van der Waals surface area contributed by atoms with Crippen molar-refractivity contribution in [3.8, 4) is 5.75 Å². The molecule has 2 unspecified atom stereocenters. The van der Waals surface area contributed by atoms with Gasteiger partial charge in [-0.15, -0.1) is 0 Å². The molecule has 0 saturated heterocycles. The molecule has 0 aliphatic heterocycles. The highest BCUT2D eigenvalue weighted by atomic mass is 127. The number of ether oxygens (including phenoxy) is 1. The van der Waals surface area contributed by atoms with E-state index in [4.69, 9.17) is 4.74 Å². The number of carbonyl (C=O) groups excluding carboxylic acids is 1. The van der Waals surface area contributed by atoms with E-state index < -0.39 is 0 Å². The Morgan fingerprint density at radius 2 is 1.94 bits per heavy atom. The van der Waals surface area contributed by atoms with Crippen molar-refractivity contribution in [2.24, 2.45) is 17.8 Å². The van der Waals surface area contributed by atoms with Crippen LogP contribution in [0.5, 0.6) is 5.75 Å². The van der Waals surface area contributed by atoms with Crippen LogP contribution in [-0.4, -0.2) is 12.9 Å². The predicted octanol–water partition coefficient (Wildman–Crippen LogP) is 3.92. The van der Waals surface area contributed by atoms with Crippen LogP contribution in [0.15, 0.2) is 18.2 Å². The van der Waals surface area contributed by atoms with E-state index in [1.54, 1.807) is 7.11 Å². The molecule has 2 aliphatic rings. The molecule has 18 heavy (non-hydrogen) atoms. The van der Waals surface area contributed by atoms with Gasteiger partial charge in [0.2, 0.25) is 0 Å². The average Bonchev–Trinajstić information content (AvgIpc) is 3.12. The van der Waals surface area contributed by atoms with E-state index in [2.05, 4.69) is 22.6 Å². The molecule has 1 aromatic rings. The standard InChI is InChI=1S/C15H17IO2/c1-18-13-7-6-9(16)8-12(13)15(17)14-10-4-2-3-5-11(10)14/h6-8,10-11,14H,2-5H2,1H3. The molecular formula is C15H17IO2. The number of hydrogen-bond donors (Lipinski definition) is 0. The maximum atomic E-state index is 12.6. The van der Waals surface area contributed by atoms with Gasteiger partial charge in [0.1, 0.15) is 5.75 Å². The molecule has 2 nitrogen and oxygen atoms in total. The van der Waals surface area contributed by atoms with Gasteiger partial charge in [-0.05, 0) is 65.5 Å². The van der Waals surface area contributed by atoms with Crippen molar-refractivity contribution in [3.63, 3.8) is 0 Å². The molecule has 0 radical (unpaired) electrons. The molecule has 0 heterocycles. The lowest BCUT2D eigenvalue weighted by Gasteiger charge is -2.08. The first-order chi connectivity index (χ1) is 8.72. The van der Waals surface area contributed by atoms with Crippen molar-refractivity contribution in [3.05, 3.63) is 27.3 Å². The number of halogens is 1. The number of ketones is 1. The fourth-order valence-electron chi connectivity index (χ4n) is 3.43. The van der Waals surface area contributed by atoms with Crippen molar-refractivity contribution in [2.75, 3.05) is 7.11 Å². The maximum Gasteiger partial charge on any atom is 0.170 e. The second-order valence-electron chi connectivity index (χ2n) is 5.35. The summed E-state index contributed by atoms with van der Waals surface area (Å²) in [6.07, 6.45) is 5.09. The van der Waals surface area contributed by atoms with E-state index in [9.17, 15) is 4.79 Å². The Kier molecular flexibility index (Phi) is 3.34. The van der Waals surface area contributed by atoms with Crippen molar-refractivity contribution in [1.82, 2.24) is 0 Å². The summed E-state index contributed by atoms with van der Waals surface area (Å²) in [7, 11) is 1.64. The van der Waals surface area contributed by atoms with Crippen LogP contribution in [0.3, 0.4) is 0 Å². The second-order valence-corrected chi connectivity index (χ2v) is 6.59. The predicted molar refractivity (Wildman–Crippen MR) is 79.0 cm³/mol. The van der Waals surface area contributed by atoms with Gasteiger partial charge in [-0.1, -0.05) is 12.8 Å². The van der Waals surface area contributed by atoms with Gasteiger partial charge < -0.3 is 4.74 Å². The van der Waals surface area contributed by atoms with Gasteiger partial charge in [-0.25, -0.2) is 0 Å². The average molecular weight is 356 g/mol. The number of benzene rings is 1. The van der Waals surface area contributed by atoms with Gasteiger partial charge >= 0.3 is 0 Å². The van der Waals surface area contributed by atoms with Crippen molar-refractivity contribution in [1.29, 1.82) is 0 Å². The Labute approximate surface area is 121 Å². The van der Waals surface area contributed by atoms with Crippen molar-refractivity contribution >= 4 is 28.4 Å². The van der Waals surface area contributed by atoms with Crippen molar-refractivity contribution < 1.29 is 9.53 Å². The van der Waals surface area contributed by atoms with Crippen LogP contribution in [0, 0.1) is 21.3 Å². The SMILES string of the molecule is COc1ccc(I)cc1C(=O)C1C2CCCCC21. The minimum Gasteiger partial charge on any atom is -0.496 e. The Morgan fingerprint density at radius 1 is 1.28 bits per heavy atom. The summed E-state index contributed by atoms with van der Waals surface area (Å²) < 4.78 is 6.43. The van der Waals surface area contributed by atoms with Crippen LogP contribution in [0.25, 0.3) is 0 Å². The quantitative estimate of drug-likeness (QED) is 0.606. The van der Waals surface area contributed by atoms with E-state index >= 15 is 0 Å². The molecule has 2 aliphatic carbocycles. The summed E-state index contributed by atoms with van der Waals surface area (Å²) in [4.78, 5) is 12.6. The fraction of sp³-hybridized carbons (Fsp3) is 0.533. The number of rotatable bonds is 3. The van der Waals surface area contributed by atoms with Gasteiger partial charge in [0.15, 0.2) is 5.78 Å². The summed E-state index contributed by atoms with van der Waals surface area (Å²) in [5.74, 6) is 2.63. The summed E-state index contributed by atoms with van der Waals surface area (Å²) in [6, 6.07) is 5.85. The number of Topliss-reactive ketones (excluding diaryl/α,β-unsaturated/α-hetero) is 1. The highest BCUT2D eigenvalue weighted by molar-refractivity contribution is 14.1. The van der Waals surface area contributed by atoms with E-state index in [1.165, 1.54) is 25.7 Å². The maximum absolute atomic E-state index is 12.6. The van der Waals surface area contributed by atoms with Crippen LogP contribution in [0.2, 0.25) is 0 Å². The smallest absolute Gasteiger partial charge is 0.170 e. The van der Waals surface area contributed by atoms with Gasteiger partial charge in [0, 0.05) is 9.49 Å². The molecular weight excluding hydrogens is 339 g/mol.